The van der Waals surface area contributed by atoms with Crippen molar-refractivity contribution in [3.05, 3.63) is 0 Å². The van der Waals surface area contributed by atoms with Gasteiger partial charge in [0.2, 0.25) is 0 Å². The molecule has 0 unspecified atom stereocenters. The van der Waals surface area contributed by atoms with Gasteiger partial charge in [0.1, 0.15) is 0 Å². The van der Waals surface area contributed by atoms with Crippen molar-refractivity contribution < 1.29 is 17.7 Å². The fourth-order valence-electron chi connectivity index (χ4n) is 6.00. The van der Waals surface area contributed by atoms with Crippen LogP contribution >= 0.6 is 0 Å². The SMILES string of the molecule is CO[SiH](OC)C1(C)CCCCC1.CO[Si](OC)(C1CCCC1)C1CCCC1. The van der Waals surface area contributed by atoms with Crippen molar-refractivity contribution >= 4 is 17.8 Å². The van der Waals surface area contributed by atoms with Gasteiger partial charge in [-0.2, -0.15) is 0 Å². The summed E-state index contributed by atoms with van der Waals surface area (Å²) in [5.41, 5.74) is 1.55. The topological polar surface area (TPSA) is 36.9 Å². The molecule has 0 N–H and O–H groups in total. The summed E-state index contributed by atoms with van der Waals surface area (Å²) >= 11 is 0. The van der Waals surface area contributed by atoms with Crippen LogP contribution in [0.25, 0.3) is 0 Å². The molecule has 27 heavy (non-hydrogen) atoms. The molecule has 0 radical (unpaired) electrons. The first-order valence-electron chi connectivity index (χ1n) is 11.2. The Hall–Kier alpha value is 0.274. The Kier molecular flexibility index (Phi) is 9.99. The fraction of sp³-hybridized carbons (Fsp3) is 1.00. The second-order valence-electron chi connectivity index (χ2n) is 9.11. The summed E-state index contributed by atoms with van der Waals surface area (Å²) in [7, 11) is 4.11. The summed E-state index contributed by atoms with van der Waals surface area (Å²) in [5, 5.41) is 0.391. The molecular formula is C21H44O4Si2. The van der Waals surface area contributed by atoms with E-state index in [0.29, 0.717) is 5.04 Å². The Balaban J connectivity index is 0.000000199. The molecule has 3 saturated carbocycles. The Morgan fingerprint density at radius 3 is 1.41 bits per heavy atom. The average molecular weight is 417 g/mol. The van der Waals surface area contributed by atoms with Crippen molar-refractivity contribution in [1.82, 2.24) is 0 Å². The largest absolute Gasteiger partial charge is 0.400 e. The van der Waals surface area contributed by atoms with Crippen LogP contribution < -0.4 is 0 Å². The summed E-state index contributed by atoms with van der Waals surface area (Å²) < 4.78 is 22.9. The molecule has 0 aliphatic heterocycles. The average Bonchev–Trinajstić information content (AvgIpc) is 3.40. The normalized spacial score (nSPS) is 24.2. The maximum absolute atomic E-state index is 5.97. The van der Waals surface area contributed by atoms with Gasteiger partial charge in [0, 0.05) is 44.6 Å². The van der Waals surface area contributed by atoms with Crippen LogP contribution in [0.5, 0.6) is 0 Å². The van der Waals surface area contributed by atoms with E-state index in [4.69, 9.17) is 17.7 Å². The first kappa shape index (κ1) is 23.6. The van der Waals surface area contributed by atoms with Gasteiger partial charge in [0.05, 0.1) is 0 Å². The molecule has 6 heteroatoms. The highest BCUT2D eigenvalue weighted by Gasteiger charge is 2.52. The summed E-state index contributed by atoms with van der Waals surface area (Å²) in [6.07, 6.45) is 17.7. The van der Waals surface area contributed by atoms with Crippen LogP contribution in [0.15, 0.2) is 0 Å². The van der Waals surface area contributed by atoms with E-state index in [-0.39, 0.29) is 0 Å². The molecule has 0 atom stereocenters. The standard InChI is InChI=1S/C12H24O2Si.C9H20O2Si/c1-13-15(14-2,11-7-3-4-8-11)12-9-5-6-10-12;1-9(12(10-2)11-3)7-5-4-6-8-9/h11-12H,3-10H2,1-2H3;12H,4-8H2,1-3H3. The van der Waals surface area contributed by atoms with Gasteiger partial charge in [-0.25, -0.2) is 0 Å². The van der Waals surface area contributed by atoms with Crippen LogP contribution in [0.2, 0.25) is 16.1 Å². The first-order valence-corrected chi connectivity index (χ1v) is 14.7. The van der Waals surface area contributed by atoms with Crippen LogP contribution in [0.3, 0.4) is 0 Å². The van der Waals surface area contributed by atoms with E-state index in [1.54, 1.807) is 14.2 Å². The Morgan fingerprint density at radius 2 is 1.07 bits per heavy atom. The molecule has 3 rings (SSSR count). The highest BCUT2D eigenvalue weighted by molar-refractivity contribution is 6.70. The molecule has 0 aromatic rings. The maximum Gasteiger partial charge on any atom is 0.344 e. The molecule has 4 nitrogen and oxygen atoms in total. The lowest BCUT2D eigenvalue weighted by Gasteiger charge is -2.37. The van der Waals surface area contributed by atoms with Gasteiger partial charge in [-0.1, -0.05) is 51.9 Å². The van der Waals surface area contributed by atoms with E-state index in [0.717, 1.165) is 11.1 Å². The predicted molar refractivity (Wildman–Crippen MR) is 117 cm³/mol. The molecular weight excluding hydrogens is 372 g/mol. The minimum Gasteiger partial charge on any atom is -0.400 e. The first-order chi connectivity index (χ1) is 13.1. The molecule has 0 amide bonds. The predicted octanol–water partition coefficient (Wildman–Crippen LogP) is 5.83. The van der Waals surface area contributed by atoms with Crippen molar-refractivity contribution in [2.24, 2.45) is 0 Å². The van der Waals surface area contributed by atoms with Crippen molar-refractivity contribution in [2.45, 2.75) is 107 Å². The van der Waals surface area contributed by atoms with Crippen molar-refractivity contribution in [3.8, 4) is 0 Å². The number of rotatable bonds is 7. The monoisotopic (exact) mass is 416 g/mol. The molecule has 0 saturated heterocycles. The van der Waals surface area contributed by atoms with Crippen molar-refractivity contribution in [2.75, 3.05) is 28.4 Å². The summed E-state index contributed by atoms with van der Waals surface area (Å²) in [6, 6.07) is 0. The zero-order valence-electron chi connectivity index (χ0n) is 18.6. The Labute approximate surface area is 170 Å². The molecule has 3 fully saturated rings. The summed E-state index contributed by atoms with van der Waals surface area (Å²) in [6.45, 7) is 2.33. The van der Waals surface area contributed by atoms with Crippen LogP contribution in [0.4, 0.5) is 0 Å². The minimum atomic E-state index is -1.88. The second kappa shape index (κ2) is 11.5. The number of hydrogen-bond acceptors (Lipinski definition) is 4. The van der Waals surface area contributed by atoms with Gasteiger partial charge in [0.25, 0.3) is 0 Å². The second-order valence-corrected chi connectivity index (χ2v) is 16.0. The van der Waals surface area contributed by atoms with Crippen molar-refractivity contribution in [3.63, 3.8) is 0 Å². The Morgan fingerprint density at radius 1 is 0.667 bits per heavy atom. The summed E-state index contributed by atoms with van der Waals surface area (Å²) in [5.74, 6) is 0. The van der Waals surface area contributed by atoms with E-state index < -0.39 is 17.8 Å². The maximum atomic E-state index is 5.97. The highest BCUT2D eigenvalue weighted by atomic mass is 28.4. The van der Waals surface area contributed by atoms with Crippen LogP contribution in [-0.2, 0) is 17.7 Å². The van der Waals surface area contributed by atoms with Crippen molar-refractivity contribution in [1.29, 1.82) is 0 Å². The van der Waals surface area contributed by atoms with Gasteiger partial charge < -0.3 is 17.7 Å². The molecule has 0 aromatic heterocycles. The molecule has 0 heterocycles. The third-order valence-electron chi connectivity index (χ3n) is 7.48. The quantitative estimate of drug-likeness (QED) is 0.489. The Bertz CT molecular complexity index is 377. The molecule has 0 bridgehead atoms. The molecule has 3 aliphatic rings. The highest BCUT2D eigenvalue weighted by Crippen LogP contribution is 2.50. The van der Waals surface area contributed by atoms with E-state index >= 15 is 0 Å². The van der Waals surface area contributed by atoms with Crippen LogP contribution in [0, 0.1) is 0 Å². The van der Waals surface area contributed by atoms with E-state index in [9.17, 15) is 0 Å². The van der Waals surface area contributed by atoms with E-state index in [1.165, 1.54) is 83.5 Å². The minimum absolute atomic E-state index is 0.391. The van der Waals surface area contributed by atoms with Crippen LogP contribution in [-0.4, -0.2) is 46.3 Å². The zero-order chi connectivity index (χ0) is 19.8. The lowest BCUT2D eigenvalue weighted by Crippen LogP contribution is -2.48. The van der Waals surface area contributed by atoms with E-state index in [2.05, 4.69) is 6.92 Å². The molecule has 0 spiro atoms. The molecule has 0 aromatic carbocycles. The van der Waals surface area contributed by atoms with Gasteiger partial charge in [-0.15, -0.1) is 0 Å². The lowest BCUT2D eigenvalue weighted by atomic mass is 9.90. The molecule has 3 aliphatic carbocycles. The van der Waals surface area contributed by atoms with Gasteiger partial charge in [-0.05, 0) is 38.5 Å². The lowest BCUT2D eigenvalue weighted by molar-refractivity contribution is 0.214. The van der Waals surface area contributed by atoms with E-state index in [1.807, 2.05) is 14.2 Å². The zero-order valence-corrected chi connectivity index (χ0v) is 20.7. The van der Waals surface area contributed by atoms with Gasteiger partial charge in [-0.3, -0.25) is 0 Å². The summed E-state index contributed by atoms with van der Waals surface area (Å²) in [4.78, 5) is 0. The van der Waals surface area contributed by atoms with Crippen LogP contribution in [0.1, 0.15) is 90.4 Å². The van der Waals surface area contributed by atoms with Gasteiger partial charge >= 0.3 is 17.8 Å². The number of hydrogen-bond donors (Lipinski definition) is 0. The fourth-order valence-corrected chi connectivity index (χ4v) is 12.8. The smallest absolute Gasteiger partial charge is 0.344 e. The third-order valence-corrected chi connectivity index (χ3v) is 14.8. The van der Waals surface area contributed by atoms with Gasteiger partial charge in [0.15, 0.2) is 0 Å². The third kappa shape index (κ3) is 5.67. The molecule has 160 valence electrons.